The lowest BCUT2D eigenvalue weighted by Gasteiger charge is -2.10. The van der Waals surface area contributed by atoms with Crippen LogP contribution in [0.5, 0.6) is 5.75 Å². The van der Waals surface area contributed by atoms with Crippen LogP contribution in [0.2, 0.25) is 0 Å². The van der Waals surface area contributed by atoms with Crippen LogP contribution in [-0.4, -0.2) is 40.3 Å². The summed E-state index contributed by atoms with van der Waals surface area (Å²) in [6, 6.07) is 13.7. The number of hydrogen-bond donors (Lipinski definition) is 1. The normalized spacial score (nSPS) is 11.5. The number of pyridine rings is 1. The topological polar surface area (TPSA) is 112 Å². The maximum absolute atomic E-state index is 12.8. The molecule has 5 aromatic rings. The number of hydrogen-bond acceptors (Lipinski definition) is 7. The highest BCUT2D eigenvalue weighted by molar-refractivity contribution is 7.92. The van der Waals surface area contributed by atoms with Crippen LogP contribution in [0, 0.1) is 0 Å². The summed E-state index contributed by atoms with van der Waals surface area (Å²) in [5.74, 6) is 0.456. The van der Waals surface area contributed by atoms with Gasteiger partial charge in [0.25, 0.3) is 10.0 Å². The highest BCUT2D eigenvalue weighted by Crippen LogP contribution is 2.27. The van der Waals surface area contributed by atoms with Gasteiger partial charge in [-0.05, 0) is 35.9 Å². The van der Waals surface area contributed by atoms with E-state index in [1.165, 1.54) is 25.4 Å². The number of sulfonamides is 1. The zero-order valence-electron chi connectivity index (χ0n) is 18.4. The fraction of sp³-hybridized carbons (Fsp3) is 0.0833. The summed E-state index contributed by atoms with van der Waals surface area (Å²) in [6.07, 6.45) is 8.46. The van der Waals surface area contributed by atoms with Gasteiger partial charge >= 0.3 is 0 Å². The molecule has 0 bridgehead atoms. The van der Waals surface area contributed by atoms with E-state index in [9.17, 15) is 8.42 Å². The maximum atomic E-state index is 12.8. The molecule has 0 radical (unpaired) electrons. The van der Waals surface area contributed by atoms with Crippen molar-refractivity contribution < 1.29 is 13.2 Å². The molecule has 0 aliphatic rings. The Morgan fingerprint density at radius 2 is 1.79 bits per heavy atom. The van der Waals surface area contributed by atoms with E-state index in [1.807, 2.05) is 31.4 Å². The molecular formula is C24H20N6O3S. The van der Waals surface area contributed by atoms with Gasteiger partial charge in [-0.2, -0.15) is 5.10 Å². The predicted octanol–water partition coefficient (Wildman–Crippen LogP) is 3.90. The number of fused-ring (bicyclic) bond motifs is 1. The average molecular weight is 473 g/mol. The number of ether oxygens (including phenoxy) is 1. The van der Waals surface area contributed by atoms with E-state index < -0.39 is 10.0 Å². The summed E-state index contributed by atoms with van der Waals surface area (Å²) < 4.78 is 35.1. The van der Waals surface area contributed by atoms with Gasteiger partial charge in [-0.25, -0.2) is 13.4 Å². The van der Waals surface area contributed by atoms with Gasteiger partial charge in [0.05, 0.1) is 53.0 Å². The van der Waals surface area contributed by atoms with Crippen molar-refractivity contribution in [1.82, 2.24) is 24.7 Å². The zero-order chi connectivity index (χ0) is 23.7. The Morgan fingerprint density at radius 1 is 0.912 bits per heavy atom. The average Bonchev–Trinajstić information content (AvgIpc) is 3.29. The first-order valence-corrected chi connectivity index (χ1v) is 11.8. The van der Waals surface area contributed by atoms with Crippen LogP contribution >= 0.6 is 0 Å². The molecule has 0 fully saturated rings. The number of aryl methyl sites for hydroxylation is 1. The van der Waals surface area contributed by atoms with Crippen molar-refractivity contribution in [3.63, 3.8) is 0 Å². The van der Waals surface area contributed by atoms with Crippen LogP contribution in [-0.2, 0) is 17.1 Å². The quantitative estimate of drug-likeness (QED) is 0.399. The molecule has 2 aromatic carbocycles. The molecule has 0 unspecified atom stereocenters. The number of methoxy groups -OCH3 is 1. The van der Waals surface area contributed by atoms with E-state index in [-0.39, 0.29) is 4.90 Å². The van der Waals surface area contributed by atoms with Gasteiger partial charge in [0, 0.05) is 36.6 Å². The lowest BCUT2D eigenvalue weighted by molar-refractivity contribution is 0.413. The molecule has 3 heterocycles. The van der Waals surface area contributed by atoms with Crippen molar-refractivity contribution in [1.29, 1.82) is 0 Å². The second kappa shape index (κ2) is 8.56. The highest BCUT2D eigenvalue weighted by atomic mass is 32.2. The van der Waals surface area contributed by atoms with Crippen molar-refractivity contribution in [3.05, 3.63) is 79.5 Å². The lowest BCUT2D eigenvalue weighted by Crippen LogP contribution is -2.13. The van der Waals surface area contributed by atoms with Crippen LogP contribution < -0.4 is 9.46 Å². The fourth-order valence-corrected chi connectivity index (χ4v) is 4.59. The molecule has 3 aromatic heterocycles. The van der Waals surface area contributed by atoms with E-state index >= 15 is 0 Å². The minimum Gasteiger partial charge on any atom is -0.497 e. The molecule has 0 aliphatic carbocycles. The van der Waals surface area contributed by atoms with Gasteiger partial charge in [-0.1, -0.05) is 12.1 Å². The number of nitrogens with one attached hydrogen (secondary N) is 1. The third-order valence-electron chi connectivity index (χ3n) is 5.22. The van der Waals surface area contributed by atoms with E-state index in [2.05, 4.69) is 19.8 Å². The van der Waals surface area contributed by atoms with Crippen molar-refractivity contribution >= 4 is 26.7 Å². The Bertz CT molecular complexity index is 1610. The molecular weight excluding hydrogens is 452 g/mol. The summed E-state index contributed by atoms with van der Waals surface area (Å²) in [5, 5.41) is 4.19. The van der Waals surface area contributed by atoms with Gasteiger partial charge in [0.1, 0.15) is 5.75 Å². The summed E-state index contributed by atoms with van der Waals surface area (Å²) in [4.78, 5) is 13.5. The Kier molecular flexibility index (Phi) is 5.42. The van der Waals surface area contributed by atoms with E-state index in [4.69, 9.17) is 9.72 Å². The molecule has 0 saturated heterocycles. The first-order valence-electron chi connectivity index (χ1n) is 10.3. The predicted molar refractivity (Wildman–Crippen MR) is 129 cm³/mol. The van der Waals surface area contributed by atoms with Crippen LogP contribution in [0.15, 0.2) is 84.4 Å². The smallest absolute Gasteiger partial charge is 0.262 e. The summed E-state index contributed by atoms with van der Waals surface area (Å²) in [5.41, 5.74) is 4.96. The van der Waals surface area contributed by atoms with Gasteiger partial charge in [-0.15, -0.1) is 0 Å². The molecule has 1 N–H and O–H groups in total. The third-order valence-corrected chi connectivity index (χ3v) is 6.60. The van der Waals surface area contributed by atoms with Crippen LogP contribution in [0.25, 0.3) is 33.4 Å². The summed E-state index contributed by atoms with van der Waals surface area (Å²) in [7, 11) is -0.482. The summed E-state index contributed by atoms with van der Waals surface area (Å²) >= 11 is 0. The maximum Gasteiger partial charge on any atom is 0.262 e. The molecule has 0 spiro atoms. The van der Waals surface area contributed by atoms with Crippen molar-refractivity contribution in [3.8, 4) is 28.1 Å². The van der Waals surface area contributed by atoms with E-state index in [0.717, 1.165) is 27.9 Å². The monoisotopic (exact) mass is 472 g/mol. The van der Waals surface area contributed by atoms with Gasteiger partial charge in [-0.3, -0.25) is 19.4 Å². The molecule has 9 nitrogen and oxygen atoms in total. The van der Waals surface area contributed by atoms with Crippen LogP contribution in [0.1, 0.15) is 0 Å². The van der Waals surface area contributed by atoms with Crippen molar-refractivity contribution in [2.75, 3.05) is 11.8 Å². The molecule has 0 saturated carbocycles. The minimum absolute atomic E-state index is 0.0983. The molecule has 10 heteroatoms. The first kappa shape index (κ1) is 21.5. The number of anilines is 1. The van der Waals surface area contributed by atoms with Crippen molar-refractivity contribution in [2.24, 2.45) is 7.05 Å². The number of aromatic nitrogens is 5. The Morgan fingerprint density at radius 3 is 2.59 bits per heavy atom. The second-order valence-electron chi connectivity index (χ2n) is 7.61. The minimum atomic E-state index is -3.81. The lowest BCUT2D eigenvalue weighted by atomic mass is 10.1. The van der Waals surface area contributed by atoms with Crippen LogP contribution in [0.3, 0.4) is 0 Å². The summed E-state index contributed by atoms with van der Waals surface area (Å²) in [6.45, 7) is 0. The molecule has 34 heavy (non-hydrogen) atoms. The van der Waals surface area contributed by atoms with Crippen molar-refractivity contribution in [2.45, 2.75) is 4.90 Å². The van der Waals surface area contributed by atoms with Gasteiger partial charge in [0.2, 0.25) is 0 Å². The van der Waals surface area contributed by atoms with E-state index in [1.54, 1.807) is 41.5 Å². The van der Waals surface area contributed by atoms with Gasteiger partial charge in [0.15, 0.2) is 0 Å². The third kappa shape index (κ3) is 4.30. The van der Waals surface area contributed by atoms with Crippen LogP contribution in [0.4, 0.5) is 5.69 Å². The molecule has 0 atom stereocenters. The Hall–Kier alpha value is -4.31. The Labute approximate surface area is 196 Å². The molecule has 5 rings (SSSR count). The number of rotatable bonds is 6. The zero-order valence-corrected chi connectivity index (χ0v) is 19.2. The number of nitrogens with zero attached hydrogens (tertiary/aromatic N) is 5. The SMILES string of the molecule is COc1cccc(S(=O)(=O)Nc2cncc(-c3ccc4ncc(-c5cnn(C)c5)nc4c3)c2)c1. The molecule has 170 valence electrons. The molecule has 0 aliphatic heterocycles. The van der Waals surface area contributed by atoms with Gasteiger partial charge < -0.3 is 4.74 Å². The first-order chi connectivity index (χ1) is 16.4. The van der Waals surface area contributed by atoms with E-state index in [0.29, 0.717) is 17.0 Å². The second-order valence-corrected chi connectivity index (χ2v) is 9.29. The number of benzene rings is 2. The molecule has 0 amide bonds. The fourth-order valence-electron chi connectivity index (χ4n) is 3.52. The Balaban J connectivity index is 1.47. The highest BCUT2D eigenvalue weighted by Gasteiger charge is 2.16. The standard InChI is InChI=1S/C24H20N6O3S/c1-30-15-18(12-27-30)24-14-26-22-7-6-16(9-23(22)28-24)17-8-19(13-25-11-17)29-34(31,32)21-5-3-4-20(10-21)33-2/h3-15,29H,1-2H3. The largest absolute Gasteiger partial charge is 0.497 e.